The van der Waals surface area contributed by atoms with Crippen LogP contribution in [0.3, 0.4) is 0 Å². The van der Waals surface area contributed by atoms with E-state index in [1.165, 1.54) is 0 Å². The monoisotopic (exact) mass is 128 g/mol. The zero-order valence-electron chi connectivity index (χ0n) is 5.85. The molecule has 0 aromatic rings. The lowest BCUT2D eigenvalue weighted by atomic mass is 10.1. The zero-order chi connectivity index (χ0) is 7.07. The average Bonchev–Trinajstić information content (AvgIpc) is 2.44. The van der Waals surface area contributed by atoms with Gasteiger partial charge in [0.15, 0.2) is 0 Å². The minimum absolute atomic E-state index is 0.0856. The molecular formula is C7H12O2. The molecule has 0 radical (unpaired) electrons. The molecule has 0 unspecified atom stereocenters. The maximum Gasteiger partial charge on any atom is 0.119 e. The van der Waals surface area contributed by atoms with E-state index < -0.39 is 0 Å². The Bertz CT molecular complexity index is 142. The Balaban J connectivity index is 2.48. The first-order chi connectivity index (χ1) is 4.10. The molecule has 0 aromatic carbocycles. The van der Waals surface area contributed by atoms with Gasteiger partial charge in [0, 0.05) is 0 Å². The van der Waals surface area contributed by atoms with Gasteiger partial charge in [-0.1, -0.05) is 6.58 Å². The molecule has 0 saturated carbocycles. The van der Waals surface area contributed by atoms with E-state index in [0.29, 0.717) is 0 Å². The first kappa shape index (κ1) is 6.78. The maximum absolute atomic E-state index is 8.72. The summed E-state index contributed by atoms with van der Waals surface area (Å²) in [5.74, 6) is 0. The molecule has 1 aliphatic heterocycles. The molecule has 2 nitrogen and oxygen atoms in total. The molecular weight excluding hydrogens is 116 g/mol. The van der Waals surface area contributed by atoms with Gasteiger partial charge in [-0.15, -0.1) is 0 Å². The lowest BCUT2D eigenvalue weighted by molar-refractivity contribution is 0.184. The molecule has 0 aromatic heterocycles. The van der Waals surface area contributed by atoms with E-state index in [4.69, 9.17) is 9.84 Å². The van der Waals surface area contributed by atoms with E-state index in [2.05, 4.69) is 6.58 Å². The van der Waals surface area contributed by atoms with Gasteiger partial charge in [-0.2, -0.15) is 0 Å². The Hall–Kier alpha value is -0.340. The van der Waals surface area contributed by atoms with Crippen molar-refractivity contribution in [3.8, 4) is 0 Å². The number of rotatable bonds is 2. The summed E-state index contributed by atoms with van der Waals surface area (Å²) in [5.41, 5.74) is 0.679. The Labute approximate surface area is 55.1 Å². The van der Waals surface area contributed by atoms with E-state index in [0.717, 1.165) is 5.57 Å². The summed E-state index contributed by atoms with van der Waals surface area (Å²) in [6.07, 6.45) is 0.0856. The van der Waals surface area contributed by atoms with Gasteiger partial charge >= 0.3 is 0 Å². The molecule has 1 heterocycles. The van der Waals surface area contributed by atoms with E-state index in [1.807, 2.05) is 13.8 Å². The highest BCUT2D eigenvalue weighted by atomic mass is 16.6. The van der Waals surface area contributed by atoms with Gasteiger partial charge in [0.05, 0.1) is 6.61 Å². The molecule has 52 valence electrons. The van der Waals surface area contributed by atoms with Crippen molar-refractivity contribution in [3.05, 3.63) is 12.2 Å². The predicted molar refractivity (Wildman–Crippen MR) is 35.2 cm³/mol. The molecule has 2 atom stereocenters. The van der Waals surface area contributed by atoms with Gasteiger partial charge < -0.3 is 9.84 Å². The molecule has 1 aliphatic rings. The summed E-state index contributed by atoms with van der Waals surface area (Å²) in [5, 5.41) is 8.72. The molecule has 2 heteroatoms. The predicted octanol–water partition coefficient (Wildman–Crippen LogP) is 0.712. The highest BCUT2D eigenvalue weighted by Crippen LogP contribution is 2.39. The van der Waals surface area contributed by atoms with Crippen molar-refractivity contribution in [2.24, 2.45) is 0 Å². The van der Waals surface area contributed by atoms with Crippen LogP contribution >= 0.6 is 0 Å². The van der Waals surface area contributed by atoms with Crippen LogP contribution in [0.25, 0.3) is 0 Å². The summed E-state index contributed by atoms with van der Waals surface area (Å²) < 4.78 is 5.17. The van der Waals surface area contributed by atoms with Crippen LogP contribution in [0.5, 0.6) is 0 Å². The quantitative estimate of drug-likeness (QED) is 0.439. The molecule has 1 rings (SSSR count). The number of aliphatic hydroxyl groups is 1. The number of hydrogen-bond donors (Lipinski definition) is 1. The SMILES string of the molecule is C=C(C)[C@@H]1O[C@@]1(C)CO. The second-order valence-corrected chi connectivity index (χ2v) is 2.82. The summed E-state index contributed by atoms with van der Waals surface area (Å²) in [7, 11) is 0. The van der Waals surface area contributed by atoms with Crippen molar-refractivity contribution in [1.29, 1.82) is 0 Å². The minimum atomic E-state index is -0.314. The van der Waals surface area contributed by atoms with E-state index in [1.54, 1.807) is 0 Å². The lowest BCUT2D eigenvalue weighted by Gasteiger charge is -1.97. The number of hydrogen-bond acceptors (Lipinski definition) is 2. The van der Waals surface area contributed by atoms with Gasteiger partial charge in [-0.25, -0.2) is 0 Å². The van der Waals surface area contributed by atoms with Crippen molar-refractivity contribution in [2.75, 3.05) is 6.61 Å². The first-order valence-corrected chi connectivity index (χ1v) is 3.04. The van der Waals surface area contributed by atoms with Crippen LogP contribution in [-0.4, -0.2) is 23.4 Å². The fourth-order valence-electron chi connectivity index (χ4n) is 0.977. The smallest absolute Gasteiger partial charge is 0.119 e. The second kappa shape index (κ2) is 1.82. The lowest BCUT2D eigenvalue weighted by Crippen LogP contribution is -2.15. The first-order valence-electron chi connectivity index (χ1n) is 3.04. The molecule has 1 N–H and O–H groups in total. The van der Waals surface area contributed by atoms with Gasteiger partial charge in [0.2, 0.25) is 0 Å². The number of aliphatic hydroxyl groups excluding tert-OH is 1. The van der Waals surface area contributed by atoms with Crippen molar-refractivity contribution < 1.29 is 9.84 Å². The van der Waals surface area contributed by atoms with Crippen LogP contribution in [0.4, 0.5) is 0 Å². The topological polar surface area (TPSA) is 32.8 Å². The third kappa shape index (κ3) is 1.00. The molecule has 0 bridgehead atoms. The Morgan fingerprint density at radius 2 is 2.44 bits per heavy atom. The third-order valence-corrected chi connectivity index (χ3v) is 1.65. The molecule has 1 saturated heterocycles. The van der Waals surface area contributed by atoms with Gasteiger partial charge in [0.25, 0.3) is 0 Å². The molecule has 0 spiro atoms. The Kier molecular flexibility index (Phi) is 1.37. The van der Waals surface area contributed by atoms with Crippen LogP contribution in [0, 0.1) is 0 Å². The van der Waals surface area contributed by atoms with E-state index >= 15 is 0 Å². The van der Waals surface area contributed by atoms with Crippen molar-refractivity contribution in [3.63, 3.8) is 0 Å². The number of ether oxygens (including phenoxy) is 1. The van der Waals surface area contributed by atoms with Crippen LogP contribution in [0.15, 0.2) is 12.2 Å². The highest BCUT2D eigenvalue weighted by Gasteiger charge is 2.52. The van der Waals surface area contributed by atoms with Crippen LogP contribution in [-0.2, 0) is 4.74 Å². The Morgan fingerprint density at radius 3 is 2.56 bits per heavy atom. The average molecular weight is 128 g/mol. The Morgan fingerprint density at radius 1 is 1.89 bits per heavy atom. The van der Waals surface area contributed by atoms with Crippen LogP contribution in [0.1, 0.15) is 13.8 Å². The highest BCUT2D eigenvalue weighted by molar-refractivity contribution is 5.16. The third-order valence-electron chi connectivity index (χ3n) is 1.65. The van der Waals surface area contributed by atoms with Gasteiger partial charge in [-0.3, -0.25) is 0 Å². The van der Waals surface area contributed by atoms with Crippen LogP contribution in [0.2, 0.25) is 0 Å². The fourth-order valence-corrected chi connectivity index (χ4v) is 0.977. The maximum atomic E-state index is 8.72. The molecule has 1 fully saturated rings. The van der Waals surface area contributed by atoms with Gasteiger partial charge in [0.1, 0.15) is 11.7 Å². The standard InChI is InChI=1S/C7H12O2/c1-5(2)6-7(3,4-8)9-6/h6,8H,1,4H2,2-3H3/t6-,7-/m0/s1. The number of epoxide rings is 1. The van der Waals surface area contributed by atoms with E-state index in [9.17, 15) is 0 Å². The minimum Gasteiger partial charge on any atom is -0.393 e. The summed E-state index contributed by atoms with van der Waals surface area (Å²) >= 11 is 0. The fraction of sp³-hybridized carbons (Fsp3) is 0.714. The largest absolute Gasteiger partial charge is 0.393 e. The summed E-state index contributed by atoms with van der Waals surface area (Å²) in [6.45, 7) is 7.60. The van der Waals surface area contributed by atoms with E-state index in [-0.39, 0.29) is 18.3 Å². The van der Waals surface area contributed by atoms with Crippen LogP contribution < -0.4 is 0 Å². The normalized spacial score (nSPS) is 40.6. The second-order valence-electron chi connectivity index (χ2n) is 2.82. The molecule has 0 amide bonds. The summed E-state index contributed by atoms with van der Waals surface area (Å²) in [6, 6.07) is 0. The van der Waals surface area contributed by atoms with Crippen molar-refractivity contribution >= 4 is 0 Å². The zero-order valence-corrected chi connectivity index (χ0v) is 5.85. The van der Waals surface area contributed by atoms with Crippen molar-refractivity contribution in [1.82, 2.24) is 0 Å². The summed E-state index contributed by atoms with van der Waals surface area (Å²) in [4.78, 5) is 0. The van der Waals surface area contributed by atoms with Gasteiger partial charge in [-0.05, 0) is 19.4 Å². The van der Waals surface area contributed by atoms with Crippen molar-refractivity contribution in [2.45, 2.75) is 25.6 Å². The molecule has 0 aliphatic carbocycles. The molecule has 9 heavy (non-hydrogen) atoms.